The van der Waals surface area contributed by atoms with Gasteiger partial charge in [-0.1, -0.05) is 48.5 Å². The van der Waals surface area contributed by atoms with Gasteiger partial charge in [-0.25, -0.2) is 9.37 Å². The van der Waals surface area contributed by atoms with Crippen LogP contribution in [-0.2, 0) is 19.7 Å². The monoisotopic (exact) mass is 491 g/mol. The molecule has 1 saturated carbocycles. The fourth-order valence-electron chi connectivity index (χ4n) is 6.34. The molecule has 0 unspecified atom stereocenters. The van der Waals surface area contributed by atoms with Gasteiger partial charge in [0.1, 0.15) is 11.5 Å². The van der Waals surface area contributed by atoms with Crippen molar-refractivity contribution in [3.8, 4) is 0 Å². The van der Waals surface area contributed by atoms with Crippen LogP contribution in [0.3, 0.4) is 0 Å². The molecule has 2 N–H and O–H groups in total. The predicted octanol–water partition coefficient (Wildman–Crippen LogP) is 4.74. The molecule has 2 aromatic rings. The molecular formula is C24H24Cl2FN3O3. The standard InChI is InChI=1S/C24H24Cl2FN3O3/c1-2-33-21(31)19-17(14-8-11-28-20(26)18(14)27)24(23(30-19)9-4-3-5-10-23)15-7-6-13(25)12-16(15)29-22(24)32/h6-8,11-12,17,19,30H,2-5,9-10H2,1H3,(H,29,32)/t17-,19+,24+/m0/s1. The van der Waals surface area contributed by atoms with Crippen LogP contribution in [0.5, 0.6) is 0 Å². The zero-order chi connectivity index (χ0) is 23.4. The number of ether oxygens (including phenoxy) is 1. The van der Waals surface area contributed by atoms with E-state index in [-0.39, 0.29) is 23.2 Å². The van der Waals surface area contributed by atoms with Crippen LogP contribution in [0.1, 0.15) is 56.1 Å². The first kappa shape index (κ1) is 22.6. The molecule has 1 amide bonds. The van der Waals surface area contributed by atoms with Crippen LogP contribution in [0.15, 0.2) is 30.5 Å². The van der Waals surface area contributed by atoms with E-state index in [1.807, 2.05) is 6.07 Å². The molecule has 2 fully saturated rings. The van der Waals surface area contributed by atoms with E-state index in [0.717, 1.165) is 19.3 Å². The number of hydrogen-bond donors (Lipinski definition) is 2. The van der Waals surface area contributed by atoms with Gasteiger partial charge < -0.3 is 10.1 Å². The zero-order valence-corrected chi connectivity index (χ0v) is 19.6. The molecule has 0 bridgehead atoms. The van der Waals surface area contributed by atoms with Crippen molar-refractivity contribution in [2.45, 2.75) is 61.9 Å². The molecule has 33 heavy (non-hydrogen) atoms. The molecule has 3 atom stereocenters. The summed E-state index contributed by atoms with van der Waals surface area (Å²) in [7, 11) is 0. The highest BCUT2D eigenvalue weighted by molar-refractivity contribution is 6.31. The van der Waals surface area contributed by atoms with Gasteiger partial charge in [-0.15, -0.1) is 0 Å². The Labute approximate surface area is 201 Å². The summed E-state index contributed by atoms with van der Waals surface area (Å²) in [6, 6.07) is 5.80. The van der Waals surface area contributed by atoms with E-state index in [2.05, 4.69) is 15.6 Å². The molecule has 0 radical (unpaired) electrons. The van der Waals surface area contributed by atoms with Crippen molar-refractivity contribution in [1.82, 2.24) is 10.3 Å². The second kappa shape index (κ2) is 8.22. The molecule has 1 aliphatic carbocycles. The zero-order valence-electron chi connectivity index (χ0n) is 18.1. The molecule has 1 saturated heterocycles. The van der Waals surface area contributed by atoms with Crippen molar-refractivity contribution in [2.24, 2.45) is 0 Å². The Morgan fingerprint density at radius 3 is 2.73 bits per heavy atom. The summed E-state index contributed by atoms with van der Waals surface area (Å²) in [4.78, 5) is 31.1. The number of nitrogens with one attached hydrogen (secondary N) is 2. The Hall–Kier alpha value is -2.22. The average Bonchev–Trinajstić information content (AvgIpc) is 3.24. The molecule has 1 aromatic heterocycles. The summed E-state index contributed by atoms with van der Waals surface area (Å²) in [6.07, 6.45) is 5.52. The first-order valence-corrected chi connectivity index (χ1v) is 12.0. The Kier molecular flexibility index (Phi) is 5.62. The maximum Gasteiger partial charge on any atom is 0.323 e. The van der Waals surface area contributed by atoms with Gasteiger partial charge in [-0.2, -0.15) is 0 Å². The number of hydrogen-bond acceptors (Lipinski definition) is 5. The molecule has 3 aliphatic rings. The maximum atomic E-state index is 15.5. The van der Waals surface area contributed by atoms with Crippen molar-refractivity contribution in [3.63, 3.8) is 0 Å². The second-order valence-corrected chi connectivity index (χ2v) is 9.75. The van der Waals surface area contributed by atoms with Gasteiger partial charge >= 0.3 is 5.97 Å². The lowest BCUT2D eigenvalue weighted by molar-refractivity contribution is -0.145. The summed E-state index contributed by atoms with van der Waals surface area (Å²) in [6.45, 7) is 1.89. The number of nitrogens with zero attached hydrogens (tertiary/aromatic N) is 1. The van der Waals surface area contributed by atoms with Crippen molar-refractivity contribution >= 4 is 40.8 Å². The molecule has 1 aromatic carbocycles. The fourth-order valence-corrected chi connectivity index (χ4v) is 6.68. The molecular weight excluding hydrogens is 468 g/mol. The van der Waals surface area contributed by atoms with Crippen LogP contribution in [0.25, 0.3) is 0 Å². The third-order valence-corrected chi connectivity index (χ3v) is 7.96. The van der Waals surface area contributed by atoms with Crippen LogP contribution >= 0.6 is 23.2 Å². The third-order valence-electron chi connectivity index (χ3n) is 7.46. The third kappa shape index (κ3) is 3.12. The number of benzene rings is 1. The van der Waals surface area contributed by atoms with E-state index >= 15 is 4.39 Å². The number of fused-ring (bicyclic) bond motifs is 3. The van der Waals surface area contributed by atoms with Crippen molar-refractivity contribution < 1.29 is 18.7 Å². The van der Waals surface area contributed by atoms with Gasteiger partial charge in [0.05, 0.1) is 6.61 Å². The number of halogens is 3. The number of carbonyl (C=O) groups is 2. The lowest BCUT2D eigenvalue weighted by Crippen LogP contribution is -2.60. The first-order valence-electron chi connectivity index (χ1n) is 11.2. The first-order chi connectivity index (χ1) is 15.9. The van der Waals surface area contributed by atoms with Gasteiger partial charge in [0, 0.05) is 28.4 Å². The molecule has 3 heterocycles. The van der Waals surface area contributed by atoms with Gasteiger partial charge in [0.25, 0.3) is 0 Å². The van der Waals surface area contributed by atoms with E-state index < -0.39 is 34.7 Å². The minimum Gasteiger partial charge on any atom is -0.465 e. The highest BCUT2D eigenvalue weighted by atomic mass is 35.5. The van der Waals surface area contributed by atoms with Crippen LogP contribution in [0.4, 0.5) is 10.1 Å². The fraction of sp³-hybridized carbons (Fsp3) is 0.458. The van der Waals surface area contributed by atoms with Crippen molar-refractivity contribution in [3.05, 3.63) is 57.6 Å². The minimum atomic E-state index is -1.25. The molecule has 2 aliphatic heterocycles. The number of esters is 1. The quantitative estimate of drug-likeness (QED) is 0.478. The number of carbonyl (C=O) groups excluding carboxylic acids is 2. The number of rotatable bonds is 3. The highest BCUT2D eigenvalue weighted by Gasteiger charge is 2.72. The van der Waals surface area contributed by atoms with Crippen LogP contribution in [-0.4, -0.2) is 35.0 Å². The Morgan fingerprint density at radius 1 is 1.24 bits per heavy atom. The second-order valence-electron chi connectivity index (χ2n) is 8.95. The number of anilines is 1. The molecule has 5 rings (SSSR count). The summed E-state index contributed by atoms with van der Waals surface area (Å²) in [5, 5.41) is 6.66. The Morgan fingerprint density at radius 2 is 2.00 bits per heavy atom. The highest BCUT2D eigenvalue weighted by Crippen LogP contribution is 2.62. The number of aromatic nitrogens is 1. The van der Waals surface area contributed by atoms with Gasteiger partial charge in [0.2, 0.25) is 5.91 Å². The van der Waals surface area contributed by atoms with E-state index in [1.54, 1.807) is 19.1 Å². The van der Waals surface area contributed by atoms with Crippen LogP contribution in [0.2, 0.25) is 10.2 Å². The van der Waals surface area contributed by atoms with E-state index in [1.165, 1.54) is 12.3 Å². The van der Waals surface area contributed by atoms with Crippen LogP contribution in [0, 0.1) is 5.82 Å². The summed E-state index contributed by atoms with van der Waals surface area (Å²) < 4.78 is 20.9. The SMILES string of the molecule is CCOC(=O)[C@@H]1NC2(CCCCC2)[C@@]2(C(=O)Nc3cc(Cl)ccc32)[C@H]1c1ccnc(Cl)c1F. The lowest BCUT2D eigenvalue weighted by Gasteiger charge is -2.47. The van der Waals surface area contributed by atoms with Gasteiger partial charge in [0.15, 0.2) is 11.0 Å². The largest absolute Gasteiger partial charge is 0.465 e. The van der Waals surface area contributed by atoms with E-state index in [0.29, 0.717) is 29.1 Å². The molecule has 6 nitrogen and oxygen atoms in total. The summed E-state index contributed by atoms with van der Waals surface area (Å²) in [5.41, 5.74) is -0.569. The Balaban J connectivity index is 1.83. The Bertz CT molecular complexity index is 1140. The molecule has 9 heteroatoms. The molecule has 174 valence electrons. The maximum absolute atomic E-state index is 15.5. The normalized spacial score (nSPS) is 27.6. The smallest absolute Gasteiger partial charge is 0.323 e. The topological polar surface area (TPSA) is 80.3 Å². The summed E-state index contributed by atoms with van der Waals surface area (Å²) in [5.74, 6) is -2.43. The van der Waals surface area contributed by atoms with Crippen LogP contribution < -0.4 is 10.6 Å². The lowest BCUT2D eigenvalue weighted by atomic mass is 9.55. The molecule has 2 spiro atoms. The van der Waals surface area contributed by atoms with Gasteiger partial charge in [-0.05, 0) is 49.1 Å². The van der Waals surface area contributed by atoms with Gasteiger partial charge in [-0.3, -0.25) is 14.9 Å². The van der Waals surface area contributed by atoms with E-state index in [4.69, 9.17) is 27.9 Å². The van der Waals surface area contributed by atoms with Crippen molar-refractivity contribution in [2.75, 3.05) is 11.9 Å². The predicted molar refractivity (Wildman–Crippen MR) is 123 cm³/mol. The van der Waals surface area contributed by atoms with Crippen molar-refractivity contribution in [1.29, 1.82) is 0 Å². The summed E-state index contributed by atoms with van der Waals surface area (Å²) >= 11 is 12.3. The minimum absolute atomic E-state index is 0.168. The average molecular weight is 492 g/mol. The number of amides is 1. The van der Waals surface area contributed by atoms with E-state index in [9.17, 15) is 9.59 Å². The number of pyridine rings is 1.